The molecule has 0 unspecified atom stereocenters. The van der Waals surface area contributed by atoms with Crippen LogP contribution in [-0.2, 0) is 11.3 Å². The Morgan fingerprint density at radius 2 is 1.71 bits per heavy atom. The van der Waals surface area contributed by atoms with E-state index in [0.29, 0.717) is 24.2 Å². The lowest BCUT2D eigenvalue weighted by Crippen LogP contribution is -2.35. The molecular weight excluding hydrogens is 424 g/mol. The van der Waals surface area contributed by atoms with Crippen molar-refractivity contribution in [3.8, 4) is 0 Å². The number of fused-ring (bicyclic) bond motifs is 2. The van der Waals surface area contributed by atoms with Crippen LogP contribution in [-0.4, -0.2) is 45.5 Å². The number of aromatic nitrogens is 2. The van der Waals surface area contributed by atoms with Gasteiger partial charge in [0, 0.05) is 35.6 Å². The normalized spacial score (nSPS) is 13.2. The monoisotopic (exact) mass is 440 g/mol. The smallest absolute Gasteiger partial charge is 0.261 e. The second-order valence-corrected chi connectivity index (χ2v) is 7.33. The summed E-state index contributed by atoms with van der Waals surface area (Å²) in [6.45, 7) is 1.00. The predicted octanol–water partition coefficient (Wildman–Crippen LogP) is 2.60. The van der Waals surface area contributed by atoms with Crippen LogP contribution in [0.25, 0.3) is 10.9 Å². The first-order valence-electron chi connectivity index (χ1n) is 8.88. The van der Waals surface area contributed by atoms with Gasteiger partial charge in [0.15, 0.2) is 0 Å². The molecule has 1 N–H and O–H groups in total. The molecule has 0 atom stereocenters. The van der Waals surface area contributed by atoms with E-state index in [1.54, 1.807) is 28.9 Å². The van der Waals surface area contributed by atoms with Crippen LogP contribution >= 0.6 is 15.9 Å². The number of amides is 3. The molecule has 0 bridgehead atoms. The molecule has 3 amide bonds. The van der Waals surface area contributed by atoms with Crippen molar-refractivity contribution >= 4 is 44.6 Å². The van der Waals surface area contributed by atoms with Crippen LogP contribution in [0.5, 0.6) is 0 Å². The van der Waals surface area contributed by atoms with Gasteiger partial charge in [-0.1, -0.05) is 34.1 Å². The molecule has 28 heavy (non-hydrogen) atoms. The number of halogens is 1. The van der Waals surface area contributed by atoms with Gasteiger partial charge in [0.25, 0.3) is 11.8 Å². The molecule has 0 saturated carbocycles. The van der Waals surface area contributed by atoms with E-state index in [1.165, 1.54) is 0 Å². The summed E-state index contributed by atoms with van der Waals surface area (Å²) >= 11 is 3.49. The highest BCUT2D eigenvalue weighted by atomic mass is 79.9. The third-order valence-corrected chi connectivity index (χ3v) is 5.34. The molecule has 0 spiro atoms. The third kappa shape index (κ3) is 3.43. The minimum absolute atomic E-state index is 0.0663. The van der Waals surface area contributed by atoms with Crippen LogP contribution in [0.3, 0.4) is 0 Å². The lowest BCUT2D eigenvalue weighted by molar-refractivity contribution is -0.121. The molecule has 1 aliphatic heterocycles. The van der Waals surface area contributed by atoms with Crippen molar-refractivity contribution in [3.05, 3.63) is 64.3 Å². The van der Waals surface area contributed by atoms with Crippen LogP contribution < -0.4 is 5.32 Å². The van der Waals surface area contributed by atoms with Gasteiger partial charge >= 0.3 is 0 Å². The van der Waals surface area contributed by atoms with Crippen LogP contribution in [0.2, 0.25) is 0 Å². The van der Waals surface area contributed by atoms with Gasteiger partial charge in [-0.3, -0.25) is 24.0 Å². The van der Waals surface area contributed by atoms with E-state index in [9.17, 15) is 14.4 Å². The zero-order valence-electron chi connectivity index (χ0n) is 14.9. The first-order chi connectivity index (χ1) is 13.5. The fraction of sp³-hybridized carbons (Fsp3) is 0.200. The van der Waals surface area contributed by atoms with Gasteiger partial charge in [-0.05, 0) is 24.3 Å². The maximum atomic E-state index is 12.3. The Bertz CT molecular complexity index is 1060. The quantitative estimate of drug-likeness (QED) is 0.597. The number of hydrogen-bond acceptors (Lipinski definition) is 4. The van der Waals surface area contributed by atoms with Gasteiger partial charge in [-0.25, -0.2) is 0 Å². The van der Waals surface area contributed by atoms with Crippen molar-refractivity contribution in [2.24, 2.45) is 0 Å². The van der Waals surface area contributed by atoms with Gasteiger partial charge in [0.1, 0.15) is 0 Å². The van der Waals surface area contributed by atoms with Gasteiger partial charge in [0.05, 0.1) is 23.2 Å². The van der Waals surface area contributed by atoms with Gasteiger partial charge in [-0.2, -0.15) is 5.10 Å². The van der Waals surface area contributed by atoms with E-state index < -0.39 is 0 Å². The minimum atomic E-state index is -0.345. The summed E-state index contributed by atoms with van der Waals surface area (Å²) < 4.78 is 2.75. The SMILES string of the molecule is O=C(CCN1C(=O)c2ccccc2C1=O)NCCn1cc2c(Br)cccc2n1. The van der Waals surface area contributed by atoms with Crippen LogP contribution in [0.15, 0.2) is 53.1 Å². The molecule has 2 aromatic carbocycles. The fourth-order valence-corrected chi connectivity index (χ4v) is 3.68. The van der Waals surface area contributed by atoms with Crippen LogP contribution in [0.4, 0.5) is 0 Å². The number of rotatable bonds is 6. The summed E-state index contributed by atoms with van der Waals surface area (Å²) in [5, 5.41) is 8.28. The van der Waals surface area contributed by atoms with E-state index in [1.807, 2.05) is 24.4 Å². The van der Waals surface area contributed by atoms with Crippen LogP contribution in [0, 0.1) is 0 Å². The number of carbonyl (C=O) groups is 3. The Morgan fingerprint density at radius 3 is 2.39 bits per heavy atom. The molecule has 4 rings (SSSR count). The fourth-order valence-electron chi connectivity index (χ4n) is 3.23. The third-order valence-electron chi connectivity index (χ3n) is 4.65. The summed E-state index contributed by atoms with van der Waals surface area (Å²) in [5.41, 5.74) is 1.67. The standard InChI is InChI=1S/C20H17BrN4O3/c21-16-6-3-7-17-15(16)12-24(23-17)11-9-22-18(26)8-10-25-19(27)13-4-1-2-5-14(13)20(25)28/h1-7,12H,8-11H2,(H,22,26). The van der Waals surface area contributed by atoms with Crippen molar-refractivity contribution in [1.29, 1.82) is 0 Å². The van der Waals surface area contributed by atoms with Gasteiger partial charge in [-0.15, -0.1) is 0 Å². The molecule has 3 aromatic rings. The summed E-state index contributed by atoms with van der Waals surface area (Å²) in [6.07, 6.45) is 1.99. The lowest BCUT2D eigenvalue weighted by atomic mass is 10.1. The summed E-state index contributed by atoms with van der Waals surface area (Å²) in [6, 6.07) is 12.5. The predicted molar refractivity (Wildman–Crippen MR) is 107 cm³/mol. The summed E-state index contributed by atoms with van der Waals surface area (Å²) in [7, 11) is 0. The molecular formula is C20H17BrN4O3. The maximum absolute atomic E-state index is 12.3. The van der Waals surface area contributed by atoms with Crippen LogP contribution in [0.1, 0.15) is 27.1 Å². The first kappa shape index (κ1) is 18.4. The first-order valence-corrected chi connectivity index (χ1v) is 9.67. The van der Waals surface area contributed by atoms with Gasteiger partial charge < -0.3 is 5.32 Å². The Kier molecular flexibility index (Phi) is 4.95. The Morgan fingerprint density at radius 1 is 1.00 bits per heavy atom. The summed E-state index contributed by atoms with van der Waals surface area (Å²) in [4.78, 5) is 37.8. The molecule has 0 fully saturated rings. The Hall–Kier alpha value is -3.00. The molecule has 7 nitrogen and oxygen atoms in total. The largest absolute Gasteiger partial charge is 0.354 e. The van der Waals surface area contributed by atoms with Crippen molar-refractivity contribution in [2.45, 2.75) is 13.0 Å². The Balaban J connectivity index is 1.28. The van der Waals surface area contributed by atoms with E-state index in [0.717, 1.165) is 20.3 Å². The maximum Gasteiger partial charge on any atom is 0.261 e. The van der Waals surface area contributed by atoms with E-state index >= 15 is 0 Å². The van der Waals surface area contributed by atoms with Crippen molar-refractivity contribution in [3.63, 3.8) is 0 Å². The molecule has 8 heteroatoms. The molecule has 1 aromatic heterocycles. The Labute approximate surface area is 169 Å². The second kappa shape index (κ2) is 7.55. The number of hydrogen-bond donors (Lipinski definition) is 1. The van der Waals surface area contributed by atoms with Crippen molar-refractivity contribution in [1.82, 2.24) is 20.0 Å². The minimum Gasteiger partial charge on any atom is -0.354 e. The average molecular weight is 441 g/mol. The number of nitrogens with one attached hydrogen (secondary N) is 1. The lowest BCUT2D eigenvalue weighted by Gasteiger charge is -2.13. The zero-order chi connectivity index (χ0) is 19.7. The van der Waals surface area contributed by atoms with E-state index in [2.05, 4.69) is 26.3 Å². The zero-order valence-corrected chi connectivity index (χ0v) is 16.5. The highest BCUT2D eigenvalue weighted by molar-refractivity contribution is 9.10. The van der Waals surface area contributed by atoms with Gasteiger partial charge in [0.2, 0.25) is 5.91 Å². The van der Waals surface area contributed by atoms with Crippen molar-refractivity contribution < 1.29 is 14.4 Å². The summed E-state index contributed by atoms with van der Waals surface area (Å²) in [5.74, 6) is -0.904. The van der Waals surface area contributed by atoms with E-state index in [4.69, 9.17) is 0 Å². The van der Waals surface area contributed by atoms with E-state index in [-0.39, 0.29) is 30.7 Å². The molecule has 0 saturated heterocycles. The highest BCUT2D eigenvalue weighted by Crippen LogP contribution is 2.23. The highest BCUT2D eigenvalue weighted by Gasteiger charge is 2.34. The second-order valence-electron chi connectivity index (χ2n) is 6.47. The topological polar surface area (TPSA) is 84.3 Å². The number of nitrogens with zero attached hydrogens (tertiary/aromatic N) is 3. The number of carbonyl (C=O) groups excluding carboxylic acids is 3. The molecule has 0 radical (unpaired) electrons. The average Bonchev–Trinajstić information content (AvgIpc) is 3.21. The molecule has 1 aliphatic rings. The van der Waals surface area contributed by atoms with Crippen molar-refractivity contribution in [2.75, 3.05) is 13.1 Å². The molecule has 0 aliphatic carbocycles. The molecule has 2 heterocycles. The number of benzene rings is 2. The molecule has 142 valence electrons. The number of imide groups is 1.